The maximum absolute atomic E-state index is 13.2. The third kappa shape index (κ3) is 2.17. The molecule has 5 heteroatoms. The van der Waals surface area contributed by atoms with Crippen LogP contribution in [0.15, 0.2) is 12.1 Å². The number of ether oxygens (including phenoxy) is 1. The van der Waals surface area contributed by atoms with Crippen LogP contribution in [-0.2, 0) is 0 Å². The highest BCUT2D eigenvalue weighted by Gasteiger charge is 2.14. The van der Waals surface area contributed by atoms with Gasteiger partial charge in [-0.2, -0.15) is 0 Å². The van der Waals surface area contributed by atoms with Crippen LogP contribution in [0.3, 0.4) is 0 Å². The van der Waals surface area contributed by atoms with Crippen molar-refractivity contribution in [1.29, 1.82) is 0 Å². The lowest BCUT2D eigenvalue weighted by Crippen LogP contribution is -2.03. The van der Waals surface area contributed by atoms with E-state index in [1.54, 1.807) is 0 Å². The number of hydrogen-bond donors (Lipinski definition) is 2. The second kappa shape index (κ2) is 4.33. The highest BCUT2D eigenvalue weighted by molar-refractivity contribution is 5.89. The first-order valence-electron chi connectivity index (χ1n) is 3.92. The predicted octanol–water partition coefficient (Wildman–Crippen LogP) is 1.54. The van der Waals surface area contributed by atoms with Crippen LogP contribution in [0.1, 0.15) is 10.4 Å². The number of carbonyl (C=O) groups is 1. The molecule has 15 heavy (non-hydrogen) atoms. The zero-order valence-corrected chi connectivity index (χ0v) is 7.87. The van der Waals surface area contributed by atoms with Gasteiger partial charge in [0.2, 0.25) is 0 Å². The molecule has 0 aliphatic rings. The standard InChI is InChI=1S/C10H8FNO3/c1-3-12-8-5-7(11)6(10(13)14)4-9(8)15-2/h1,4-5,12H,2H3,(H,13,14). The van der Waals surface area contributed by atoms with Crippen molar-refractivity contribution in [1.82, 2.24) is 0 Å². The van der Waals surface area contributed by atoms with Gasteiger partial charge in [-0.15, -0.1) is 0 Å². The molecule has 0 heterocycles. The van der Waals surface area contributed by atoms with E-state index in [-0.39, 0.29) is 11.4 Å². The molecule has 0 aliphatic heterocycles. The zero-order valence-electron chi connectivity index (χ0n) is 7.87. The normalized spacial score (nSPS) is 9.13. The summed E-state index contributed by atoms with van der Waals surface area (Å²) in [5.41, 5.74) is -0.253. The van der Waals surface area contributed by atoms with Crippen molar-refractivity contribution in [2.75, 3.05) is 12.4 Å². The third-order valence-corrected chi connectivity index (χ3v) is 1.73. The number of nitrogens with one attached hydrogen (secondary N) is 1. The molecule has 4 nitrogen and oxygen atoms in total. The van der Waals surface area contributed by atoms with Crippen LogP contribution in [0.25, 0.3) is 0 Å². The topological polar surface area (TPSA) is 58.6 Å². The first-order valence-corrected chi connectivity index (χ1v) is 3.92. The summed E-state index contributed by atoms with van der Waals surface area (Å²) in [5.74, 6) is -2.06. The Morgan fingerprint density at radius 3 is 2.80 bits per heavy atom. The summed E-state index contributed by atoms with van der Waals surface area (Å²) in [5, 5.41) is 11.1. The van der Waals surface area contributed by atoms with Gasteiger partial charge in [-0.1, -0.05) is 6.42 Å². The first kappa shape index (κ1) is 10.9. The van der Waals surface area contributed by atoms with Gasteiger partial charge in [-0.3, -0.25) is 0 Å². The maximum atomic E-state index is 13.2. The summed E-state index contributed by atoms with van der Waals surface area (Å²) >= 11 is 0. The molecule has 1 aromatic rings. The monoisotopic (exact) mass is 209 g/mol. The van der Waals surface area contributed by atoms with E-state index < -0.39 is 17.3 Å². The Morgan fingerprint density at radius 2 is 2.33 bits per heavy atom. The van der Waals surface area contributed by atoms with Gasteiger partial charge >= 0.3 is 5.97 Å². The number of hydrogen-bond acceptors (Lipinski definition) is 3. The summed E-state index contributed by atoms with van der Waals surface area (Å²) < 4.78 is 18.1. The molecule has 0 spiro atoms. The molecule has 1 rings (SSSR count). The quantitative estimate of drug-likeness (QED) is 0.585. The molecule has 0 saturated heterocycles. The predicted molar refractivity (Wildman–Crippen MR) is 52.4 cm³/mol. The average Bonchev–Trinajstić information content (AvgIpc) is 2.18. The maximum Gasteiger partial charge on any atom is 0.338 e. The number of terminal acetylenes is 1. The largest absolute Gasteiger partial charge is 0.495 e. The summed E-state index contributed by atoms with van der Waals surface area (Å²) in [4.78, 5) is 10.6. The molecular weight excluding hydrogens is 201 g/mol. The lowest BCUT2D eigenvalue weighted by atomic mass is 10.1. The fourth-order valence-corrected chi connectivity index (χ4v) is 1.06. The summed E-state index contributed by atoms with van der Waals surface area (Å²) in [7, 11) is 1.33. The number of benzene rings is 1. The second-order valence-corrected chi connectivity index (χ2v) is 2.61. The number of halogens is 1. The SMILES string of the molecule is C#CNc1cc(F)c(C(=O)O)cc1OC. The van der Waals surface area contributed by atoms with E-state index in [9.17, 15) is 9.18 Å². The van der Waals surface area contributed by atoms with E-state index in [2.05, 4.69) is 11.4 Å². The number of carboxylic acid groups (broad SMARTS) is 1. The van der Waals surface area contributed by atoms with Crippen LogP contribution in [-0.4, -0.2) is 18.2 Å². The minimum absolute atomic E-state index is 0.173. The number of methoxy groups -OCH3 is 1. The molecule has 2 N–H and O–H groups in total. The Kier molecular flexibility index (Phi) is 3.13. The first-order chi connectivity index (χ1) is 7.10. The second-order valence-electron chi connectivity index (χ2n) is 2.61. The van der Waals surface area contributed by atoms with E-state index in [4.69, 9.17) is 16.3 Å². The van der Waals surface area contributed by atoms with Crippen molar-refractivity contribution in [2.24, 2.45) is 0 Å². The molecule has 0 bridgehead atoms. The average molecular weight is 209 g/mol. The molecule has 0 atom stereocenters. The van der Waals surface area contributed by atoms with Gasteiger partial charge in [0.15, 0.2) is 0 Å². The third-order valence-electron chi connectivity index (χ3n) is 1.73. The molecule has 0 amide bonds. The summed E-state index contributed by atoms with van der Waals surface area (Å²) in [6, 6.07) is 4.13. The van der Waals surface area contributed by atoms with Crippen molar-refractivity contribution in [3.63, 3.8) is 0 Å². The highest BCUT2D eigenvalue weighted by Crippen LogP contribution is 2.27. The van der Waals surface area contributed by atoms with Crippen molar-refractivity contribution < 1.29 is 19.0 Å². The highest BCUT2D eigenvalue weighted by atomic mass is 19.1. The van der Waals surface area contributed by atoms with Gasteiger partial charge in [0, 0.05) is 12.1 Å². The minimum Gasteiger partial charge on any atom is -0.495 e. The van der Waals surface area contributed by atoms with E-state index in [1.807, 2.05) is 0 Å². The van der Waals surface area contributed by atoms with Gasteiger partial charge in [0.1, 0.15) is 11.6 Å². The van der Waals surface area contributed by atoms with Crippen molar-refractivity contribution >= 4 is 11.7 Å². The fourth-order valence-electron chi connectivity index (χ4n) is 1.06. The van der Waals surface area contributed by atoms with Gasteiger partial charge in [-0.05, 0) is 6.07 Å². The van der Waals surface area contributed by atoms with Crippen molar-refractivity contribution in [3.8, 4) is 18.2 Å². The van der Waals surface area contributed by atoms with Gasteiger partial charge in [0.25, 0.3) is 0 Å². The molecular formula is C10H8FNO3. The fraction of sp³-hybridized carbons (Fsp3) is 0.100. The van der Waals surface area contributed by atoms with E-state index in [0.29, 0.717) is 0 Å². The van der Waals surface area contributed by atoms with Crippen LogP contribution in [0, 0.1) is 18.3 Å². The van der Waals surface area contributed by atoms with Gasteiger partial charge in [0.05, 0.1) is 18.4 Å². The Hall–Kier alpha value is -2.22. The van der Waals surface area contributed by atoms with Crippen LogP contribution >= 0.6 is 0 Å². The van der Waals surface area contributed by atoms with Crippen LogP contribution in [0.2, 0.25) is 0 Å². The van der Waals surface area contributed by atoms with Crippen LogP contribution in [0.5, 0.6) is 5.75 Å². The Labute approximate surface area is 85.7 Å². The lowest BCUT2D eigenvalue weighted by Gasteiger charge is -2.08. The Balaban J connectivity index is 3.30. The minimum atomic E-state index is -1.36. The molecule has 0 fully saturated rings. The molecule has 0 aliphatic carbocycles. The Morgan fingerprint density at radius 1 is 1.67 bits per heavy atom. The summed E-state index contributed by atoms with van der Waals surface area (Å²) in [6.07, 6.45) is 4.98. The molecule has 1 aromatic carbocycles. The van der Waals surface area contributed by atoms with Crippen LogP contribution < -0.4 is 10.1 Å². The lowest BCUT2D eigenvalue weighted by molar-refractivity contribution is 0.0691. The van der Waals surface area contributed by atoms with Crippen molar-refractivity contribution in [2.45, 2.75) is 0 Å². The number of carboxylic acids is 1. The number of anilines is 1. The number of rotatable bonds is 3. The van der Waals surface area contributed by atoms with E-state index >= 15 is 0 Å². The smallest absolute Gasteiger partial charge is 0.338 e. The van der Waals surface area contributed by atoms with Crippen LogP contribution in [0.4, 0.5) is 10.1 Å². The molecule has 0 radical (unpaired) electrons. The van der Waals surface area contributed by atoms with Gasteiger partial charge < -0.3 is 15.2 Å². The summed E-state index contributed by atoms with van der Waals surface area (Å²) in [6.45, 7) is 0. The van der Waals surface area contributed by atoms with Gasteiger partial charge in [-0.25, -0.2) is 9.18 Å². The van der Waals surface area contributed by atoms with Crippen molar-refractivity contribution in [3.05, 3.63) is 23.5 Å². The number of aromatic carboxylic acids is 1. The Bertz CT molecular complexity index is 437. The molecule has 0 aromatic heterocycles. The molecule has 0 saturated carbocycles. The zero-order chi connectivity index (χ0) is 11.4. The molecule has 78 valence electrons. The van der Waals surface area contributed by atoms with E-state index in [1.165, 1.54) is 7.11 Å². The van der Waals surface area contributed by atoms with E-state index in [0.717, 1.165) is 12.1 Å². The molecule has 0 unspecified atom stereocenters.